The van der Waals surface area contributed by atoms with Gasteiger partial charge in [0.05, 0.1) is 33.6 Å². The van der Waals surface area contributed by atoms with E-state index in [4.69, 9.17) is 4.74 Å². The number of carbonyl (C=O) groups excluding carboxylic acids is 1. The van der Waals surface area contributed by atoms with Gasteiger partial charge in [-0.2, -0.15) is 13.2 Å². The molecule has 1 amide bonds. The van der Waals surface area contributed by atoms with E-state index in [-0.39, 0.29) is 29.8 Å². The highest BCUT2D eigenvalue weighted by Crippen LogP contribution is 2.67. The Hall–Kier alpha value is -3.90. The number of halogens is 3. The van der Waals surface area contributed by atoms with Gasteiger partial charge in [-0.05, 0) is 56.0 Å². The average Bonchev–Trinajstić information content (AvgIpc) is 3.29. The van der Waals surface area contributed by atoms with Gasteiger partial charge < -0.3 is 19.8 Å². The zero-order chi connectivity index (χ0) is 30.2. The molecular weight excluding hydrogens is 555 g/mol. The molecule has 9 nitrogen and oxygen atoms in total. The van der Waals surface area contributed by atoms with Crippen LogP contribution in [0.5, 0.6) is 11.5 Å². The van der Waals surface area contributed by atoms with Crippen molar-refractivity contribution in [2.24, 2.45) is 0 Å². The maximum absolute atomic E-state index is 13.4. The number of hydrogen-bond acceptors (Lipinski definition) is 7. The Kier molecular flexibility index (Phi) is 6.43. The molecule has 1 spiro atoms. The van der Waals surface area contributed by atoms with E-state index in [1.54, 1.807) is 13.1 Å². The van der Waals surface area contributed by atoms with Crippen LogP contribution in [0.15, 0.2) is 49.1 Å². The van der Waals surface area contributed by atoms with Gasteiger partial charge in [0.25, 0.3) is 5.69 Å². The van der Waals surface area contributed by atoms with Gasteiger partial charge in [0.2, 0.25) is 5.91 Å². The van der Waals surface area contributed by atoms with Crippen LogP contribution in [0.3, 0.4) is 0 Å². The second-order valence-corrected chi connectivity index (χ2v) is 11.6. The van der Waals surface area contributed by atoms with Crippen molar-refractivity contribution in [3.63, 3.8) is 0 Å². The predicted octanol–water partition coefficient (Wildman–Crippen LogP) is 4.20. The lowest BCUT2D eigenvalue weighted by atomic mass is 9.48. The first-order valence-electron chi connectivity index (χ1n) is 13.7. The van der Waals surface area contributed by atoms with E-state index in [0.29, 0.717) is 37.1 Å². The summed E-state index contributed by atoms with van der Waals surface area (Å²) in [6.45, 7) is 4.85. The van der Waals surface area contributed by atoms with Gasteiger partial charge in [0.1, 0.15) is 6.10 Å². The summed E-state index contributed by atoms with van der Waals surface area (Å²) in [7, 11) is 1.56. The van der Waals surface area contributed by atoms with Crippen molar-refractivity contribution in [1.82, 2.24) is 9.80 Å². The number of ether oxygens (including phenoxy) is 1. The molecule has 2 aliphatic carbocycles. The molecule has 1 saturated heterocycles. The summed E-state index contributed by atoms with van der Waals surface area (Å²) in [4.78, 5) is 28.4. The monoisotopic (exact) mass is 585 g/mol. The fraction of sp³-hybridized carbons (Fsp3) is 0.433. The number of carbonyl (C=O) groups is 1. The van der Waals surface area contributed by atoms with Crippen LogP contribution in [0.25, 0.3) is 6.08 Å². The summed E-state index contributed by atoms with van der Waals surface area (Å²) >= 11 is 0. The number of nitro groups is 1. The predicted molar refractivity (Wildman–Crippen MR) is 146 cm³/mol. The molecule has 0 aromatic heterocycles. The fourth-order valence-electron chi connectivity index (χ4n) is 7.88. The van der Waals surface area contributed by atoms with Crippen LogP contribution in [0.1, 0.15) is 41.5 Å². The Bertz CT molecular complexity index is 1530. The minimum Gasteiger partial charge on any atom is -0.504 e. The quantitative estimate of drug-likeness (QED) is 0.226. The van der Waals surface area contributed by atoms with Crippen LogP contribution >= 0.6 is 0 Å². The van der Waals surface area contributed by atoms with Gasteiger partial charge in [0, 0.05) is 36.8 Å². The summed E-state index contributed by atoms with van der Waals surface area (Å²) in [6, 6.07) is 4.66. The van der Waals surface area contributed by atoms with Gasteiger partial charge in [-0.3, -0.25) is 19.8 Å². The highest BCUT2D eigenvalue weighted by Gasteiger charge is 2.74. The number of aliphatic hydroxyl groups is 1. The Morgan fingerprint density at radius 2 is 2.10 bits per heavy atom. The smallest absolute Gasteiger partial charge is 0.416 e. The number of nitro benzene ring substituents is 1. The first-order valence-corrected chi connectivity index (χ1v) is 13.7. The number of aromatic hydroxyl groups is 1. The molecule has 2 aromatic rings. The summed E-state index contributed by atoms with van der Waals surface area (Å²) in [5.41, 5.74) is -2.47. The van der Waals surface area contributed by atoms with Crippen LogP contribution in [-0.2, 0) is 22.8 Å². The van der Waals surface area contributed by atoms with Gasteiger partial charge >= 0.3 is 6.18 Å². The molecule has 5 atom stereocenters. The molecule has 1 saturated carbocycles. The standard InChI is InChI=1S/C30H30F3N3O6/c1-3-12-35-13-11-28-25-19-15-23(35)29(28,39)10-9-20(27(28)42-26(25)22(37)16-21(19)36(40)41)34(2)24(38)8-7-17-5-4-6-18(14-17)30(31,32)33/h3-8,14,16,20,23,27,37,39H,1,9-13,15H2,2H3/b8-7+/t20?,23-,27?,28+,29-/m1/s1. The molecule has 2 fully saturated rings. The average molecular weight is 586 g/mol. The van der Waals surface area contributed by atoms with Crippen molar-refractivity contribution in [2.75, 3.05) is 20.1 Å². The van der Waals surface area contributed by atoms with Crippen molar-refractivity contribution < 1.29 is 37.8 Å². The third kappa shape index (κ3) is 3.88. The fourth-order valence-corrected chi connectivity index (χ4v) is 7.88. The number of hydrogen-bond donors (Lipinski definition) is 2. The number of piperidine rings is 1. The van der Waals surface area contributed by atoms with Gasteiger partial charge in [-0.25, -0.2) is 0 Å². The summed E-state index contributed by atoms with van der Waals surface area (Å²) in [5.74, 6) is -0.775. The number of likely N-dealkylation sites (N-methyl/N-ethyl adjacent to an activating group) is 1. The molecule has 0 radical (unpaired) electrons. The molecule has 2 aromatic carbocycles. The van der Waals surface area contributed by atoms with E-state index in [0.717, 1.165) is 18.2 Å². The van der Waals surface area contributed by atoms with E-state index in [1.165, 1.54) is 29.2 Å². The van der Waals surface area contributed by atoms with Crippen molar-refractivity contribution >= 4 is 17.7 Å². The molecule has 12 heteroatoms. The van der Waals surface area contributed by atoms with E-state index in [9.17, 15) is 38.3 Å². The Labute approximate surface area is 239 Å². The van der Waals surface area contributed by atoms with Crippen LogP contribution < -0.4 is 4.74 Å². The van der Waals surface area contributed by atoms with E-state index in [2.05, 4.69) is 11.5 Å². The largest absolute Gasteiger partial charge is 0.504 e. The van der Waals surface area contributed by atoms with E-state index in [1.807, 2.05) is 0 Å². The van der Waals surface area contributed by atoms with Crippen molar-refractivity contribution in [1.29, 1.82) is 0 Å². The molecule has 2 heterocycles. The second-order valence-electron chi connectivity index (χ2n) is 11.6. The van der Waals surface area contributed by atoms with Gasteiger partial charge in [-0.15, -0.1) is 6.58 Å². The number of phenols is 1. The zero-order valence-corrected chi connectivity index (χ0v) is 22.8. The number of benzene rings is 2. The zero-order valence-electron chi connectivity index (χ0n) is 22.8. The number of alkyl halides is 3. The Balaban J connectivity index is 1.39. The Morgan fingerprint density at radius 1 is 1.33 bits per heavy atom. The van der Waals surface area contributed by atoms with Crippen LogP contribution in [0.2, 0.25) is 0 Å². The molecule has 2 aliphatic heterocycles. The molecule has 6 rings (SSSR count). The number of amides is 1. The third-order valence-electron chi connectivity index (χ3n) is 9.68. The van der Waals surface area contributed by atoms with Crippen LogP contribution in [0.4, 0.5) is 18.9 Å². The number of nitrogens with zero attached hydrogens (tertiary/aromatic N) is 3. The Morgan fingerprint density at radius 3 is 2.79 bits per heavy atom. The lowest BCUT2D eigenvalue weighted by Crippen LogP contribution is -2.78. The molecule has 2 N–H and O–H groups in total. The first kappa shape index (κ1) is 28.2. The number of phenolic OH excluding ortho intramolecular Hbond substituents is 1. The number of likely N-dealkylation sites (tertiary alicyclic amines) is 1. The summed E-state index contributed by atoms with van der Waals surface area (Å²) in [5, 5.41) is 35.4. The van der Waals surface area contributed by atoms with Crippen molar-refractivity contribution in [3.05, 3.63) is 81.4 Å². The molecule has 42 heavy (non-hydrogen) atoms. The summed E-state index contributed by atoms with van der Waals surface area (Å²) in [6.07, 6.45) is 0.0788. The second kappa shape index (κ2) is 9.56. The minimum absolute atomic E-state index is 0.0990. The lowest BCUT2D eigenvalue weighted by molar-refractivity contribution is -0.386. The molecular formula is C30H30F3N3O6. The molecule has 2 unspecified atom stereocenters. The van der Waals surface area contributed by atoms with E-state index >= 15 is 0 Å². The first-order chi connectivity index (χ1) is 19.8. The van der Waals surface area contributed by atoms with Crippen LogP contribution in [-0.4, -0.2) is 74.8 Å². The van der Waals surface area contributed by atoms with Crippen molar-refractivity contribution in [2.45, 2.75) is 61.1 Å². The maximum Gasteiger partial charge on any atom is 0.416 e. The van der Waals surface area contributed by atoms with Gasteiger partial charge in [0.15, 0.2) is 11.5 Å². The summed E-state index contributed by atoms with van der Waals surface area (Å²) < 4.78 is 45.8. The lowest BCUT2D eigenvalue weighted by Gasteiger charge is -2.64. The minimum atomic E-state index is -4.52. The third-order valence-corrected chi connectivity index (χ3v) is 9.68. The molecule has 2 bridgehead atoms. The molecule has 4 aliphatic rings. The van der Waals surface area contributed by atoms with Gasteiger partial charge in [-0.1, -0.05) is 18.2 Å². The number of rotatable bonds is 6. The highest BCUT2D eigenvalue weighted by atomic mass is 19.4. The highest BCUT2D eigenvalue weighted by molar-refractivity contribution is 5.92. The van der Waals surface area contributed by atoms with Crippen LogP contribution in [0, 0.1) is 10.1 Å². The normalized spacial score (nSPS) is 29.6. The maximum atomic E-state index is 13.4. The SMILES string of the molecule is C=CCN1CC[C@]23c4c5c([N+](=O)[O-])cc(O)c4OC2C(N(C)C(=O)/C=C/c2cccc(C(F)(F)F)c2)CC[C@@]3(O)[C@H]1C5. The topological polar surface area (TPSA) is 116 Å². The van der Waals surface area contributed by atoms with E-state index < -0.39 is 57.5 Å². The molecule has 222 valence electrons. The van der Waals surface area contributed by atoms with Crippen molar-refractivity contribution in [3.8, 4) is 11.5 Å².